The maximum Gasteiger partial charge on any atom is 0.220 e. The van der Waals surface area contributed by atoms with E-state index in [0.29, 0.717) is 6.42 Å². The van der Waals surface area contributed by atoms with Crippen molar-refractivity contribution in [3.63, 3.8) is 0 Å². The Kier molecular flexibility index (Phi) is 39.4. The molecule has 3 N–H and O–H groups in total. The van der Waals surface area contributed by atoms with Crippen LogP contribution in [0.5, 0.6) is 0 Å². The summed E-state index contributed by atoms with van der Waals surface area (Å²) in [5.41, 5.74) is 0. The predicted octanol–water partition coefficient (Wildman–Crippen LogP) is 13.2. The molecule has 0 saturated heterocycles. The van der Waals surface area contributed by atoms with Gasteiger partial charge in [0.25, 0.3) is 0 Å². The second-order valence-electron chi connectivity index (χ2n) is 14.8. The number of unbranched alkanes of at least 4 members (excludes halogenated alkanes) is 30. The van der Waals surface area contributed by atoms with E-state index in [1.807, 2.05) is 6.08 Å². The van der Waals surface area contributed by atoms with Crippen LogP contribution in [-0.2, 0) is 4.79 Å². The number of aliphatic hydroxyl groups excluding tert-OH is 2. The van der Waals surface area contributed by atoms with Gasteiger partial charge in [-0.15, -0.1) is 0 Å². The number of allylic oxidation sites excluding steroid dienone is 3. The first-order chi connectivity index (χ1) is 23.7. The summed E-state index contributed by atoms with van der Waals surface area (Å²) in [5.74, 6) is -0.0710. The fourth-order valence-electron chi connectivity index (χ4n) is 6.61. The Labute approximate surface area is 300 Å². The molecule has 0 aromatic rings. The molecular formula is C44H85NO3. The Bertz CT molecular complexity index is 691. The number of hydrogen-bond donors (Lipinski definition) is 3. The largest absolute Gasteiger partial charge is 0.394 e. The van der Waals surface area contributed by atoms with Gasteiger partial charge in [-0.3, -0.25) is 4.79 Å². The van der Waals surface area contributed by atoms with Gasteiger partial charge in [-0.05, 0) is 32.1 Å². The molecule has 0 aliphatic carbocycles. The van der Waals surface area contributed by atoms with Crippen molar-refractivity contribution in [1.29, 1.82) is 0 Å². The molecule has 0 heterocycles. The Morgan fingerprint density at radius 2 is 0.812 bits per heavy atom. The first-order valence-corrected chi connectivity index (χ1v) is 21.6. The lowest BCUT2D eigenvalue weighted by molar-refractivity contribution is -0.123. The average Bonchev–Trinajstić information content (AvgIpc) is 3.09. The maximum atomic E-state index is 12.4. The van der Waals surface area contributed by atoms with Crippen LogP contribution < -0.4 is 5.32 Å². The summed E-state index contributed by atoms with van der Waals surface area (Å²) in [7, 11) is 0. The van der Waals surface area contributed by atoms with Crippen molar-refractivity contribution >= 4 is 5.91 Å². The van der Waals surface area contributed by atoms with Crippen LogP contribution in [0.25, 0.3) is 0 Å². The molecule has 0 radical (unpaired) electrons. The van der Waals surface area contributed by atoms with E-state index in [4.69, 9.17) is 0 Å². The van der Waals surface area contributed by atoms with Gasteiger partial charge < -0.3 is 15.5 Å². The van der Waals surface area contributed by atoms with Crippen molar-refractivity contribution in [2.24, 2.45) is 0 Å². The predicted molar refractivity (Wildman–Crippen MR) is 212 cm³/mol. The molecule has 0 spiro atoms. The molecular weight excluding hydrogens is 590 g/mol. The molecule has 4 nitrogen and oxygen atoms in total. The van der Waals surface area contributed by atoms with Crippen LogP contribution in [0.4, 0.5) is 0 Å². The van der Waals surface area contributed by atoms with Gasteiger partial charge in [0.2, 0.25) is 5.91 Å². The standard InChI is InChI=1S/C44H85NO3/c1-3-5-7-9-11-13-15-17-18-19-20-21-22-23-24-25-26-28-30-32-34-36-38-40-44(48)45-42(41-46)43(47)39-37-35-33-31-29-27-16-14-12-10-8-6-4-2/h29,31,37,39,42-43,46-47H,3-28,30,32-36,38,40-41H2,1-2H3,(H,45,48)/b31-29+,39-37+/t42-,43+/m0/s1. The summed E-state index contributed by atoms with van der Waals surface area (Å²) in [4.78, 5) is 12.4. The van der Waals surface area contributed by atoms with Crippen molar-refractivity contribution in [1.82, 2.24) is 5.32 Å². The van der Waals surface area contributed by atoms with Crippen molar-refractivity contribution in [3.8, 4) is 0 Å². The Morgan fingerprint density at radius 1 is 0.479 bits per heavy atom. The Hall–Kier alpha value is -1.13. The van der Waals surface area contributed by atoms with Crippen molar-refractivity contribution < 1.29 is 15.0 Å². The summed E-state index contributed by atoms with van der Waals surface area (Å²) in [5, 5.41) is 22.9. The lowest BCUT2D eigenvalue weighted by Crippen LogP contribution is -2.45. The number of carbonyl (C=O) groups excluding carboxylic acids is 1. The highest BCUT2D eigenvalue weighted by molar-refractivity contribution is 5.76. The van der Waals surface area contributed by atoms with E-state index in [9.17, 15) is 15.0 Å². The lowest BCUT2D eigenvalue weighted by atomic mass is 10.0. The van der Waals surface area contributed by atoms with Gasteiger partial charge in [-0.25, -0.2) is 0 Å². The van der Waals surface area contributed by atoms with Gasteiger partial charge in [-0.2, -0.15) is 0 Å². The van der Waals surface area contributed by atoms with Gasteiger partial charge in [0.05, 0.1) is 18.8 Å². The van der Waals surface area contributed by atoms with Crippen molar-refractivity contribution in [2.45, 2.75) is 244 Å². The van der Waals surface area contributed by atoms with E-state index in [1.165, 1.54) is 180 Å². The Balaban J connectivity index is 3.52. The molecule has 1 amide bonds. The first kappa shape index (κ1) is 46.9. The van der Waals surface area contributed by atoms with Crippen LogP contribution in [0.2, 0.25) is 0 Å². The molecule has 2 atom stereocenters. The topological polar surface area (TPSA) is 69.6 Å². The number of carbonyl (C=O) groups is 1. The molecule has 0 unspecified atom stereocenters. The third kappa shape index (κ3) is 36.2. The third-order valence-electron chi connectivity index (χ3n) is 9.94. The van der Waals surface area contributed by atoms with E-state index in [0.717, 1.165) is 32.1 Å². The number of aliphatic hydroxyl groups is 2. The van der Waals surface area contributed by atoms with E-state index >= 15 is 0 Å². The molecule has 0 saturated carbocycles. The van der Waals surface area contributed by atoms with Crippen LogP contribution in [-0.4, -0.2) is 34.9 Å². The second-order valence-corrected chi connectivity index (χ2v) is 14.8. The van der Waals surface area contributed by atoms with Crippen LogP contribution in [0.1, 0.15) is 232 Å². The molecule has 0 aromatic carbocycles. The highest BCUT2D eigenvalue weighted by Gasteiger charge is 2.17. The Morgan fingerprint density at radius 3 is 1.21 bits per heavy atom. The fraction of sp³-hybridized carbons (Fsp3) is 0.886. The fourth-order valence-corrected chi connectivity index (χ4v) is 6.61. The van der Waals surface area contributed by atoms with Crippen LogP contribution in [0.3, 0.4) is 0 Å². The normalized spacial score (nSPS) is 13.2. The zero-order valence-corrected chi connectivity index (χ0v) is 32.5. The lowest BCUT2D eigenvalue weighted by Gasteiger charge is -2.19. The van der Waals surface area contributed by atoms with E-state index < -0.39 is 12.1 Å². The highest BCUT2D eigenvalue weighted by atomic mass is 16.3. The second kappa shape index (κ2) is 40.3. The van der Waals surface area contributed by atoms with Gasteiger partial charge >= 0.3 is 0 Å². The SMILES string of the molecule is CCCCCCCCC/C=C/CC/C=C/[C@@H](O)[C@H](CO)NC(=O)CCCCCCCCCCCCCCCCCCCCCCCCC. The average molecular weight is 676 g/mol. The van der Waals surface area contributed by atoms with Gasteiger partial charge in [-0.1, -0.05) is 218 Å². The minimum atomic E-state index is -0.856. The van der Waals surface area contributed by atoms with Crippen LogP contribution in [0, 0.1) is 0 Å². The van der Waals surface area contributed by atoms with Gasteiger partial charge in [0.15, 0.2) is 0 Å². The molecule has 48 heavy (non-hydrogen) atoms. The maximum absolute atomic E-state index is 12.4. The molecule has 284 valence electrons. The molecule has 0 aliphatic heterocycles. The van der Waals surface area contributed by atoms with Gasteiger partial charge in [0.1, 0.15) is 0 Å². The first-order valence-electron chi connectivity index (χ1n) is 21.6. The zero-order chi connectivity index (χ0) is 35.0. The number of hydrogen-bond acceptors (Lipinski definition) is 3. The van der Waals surface area contributed by atoms with E-state index in [2.05, 4.69) is 31.3 Å². The summed E-state index contributed by atoms with van der Waals surface area (Å²) >= 11 is 0. The summed E-state index contributed by atoms with van der Waals surface area (Å²) in [6.07, 6.45) is 51.5. The highest BCUT2D eigenvalue weighted by Crippen LogP contribution is 2.16. The number of rotatable bonds is 39. The molecule has 0 bridgehead atoms. The van der Waals surface area contributed by atoms with Gasteiger partial charge in [0, 0.05) is 6.42 Å². The van der Waals surface area contributed by atoms with Crippen LogP contribution in [0.15, 0.2) is 24.3 Å². The summed E-state index contributed by atoms with van der Waals surface area (Å²) < 4.78 is 0. The van der Waals surface area contributed by atoms with Crippen molar-refractivity contribution in [2.75, 3.05) is 6.61 Å². The van der Waals surface area contributed by atoms with E-state index in [1.54, 1.807) is 6.08 Å². The van der Waals surface area contributed by atoms with E-state index in [-0.39, 0.29) is 12.5 Å². The van der Waals surface area contributed by atoms with Crippen molar-refractivity contribution in [3.05, 3.63) is 24.3 Å². The molecule has 0 aliphatic rings. The molecule has 4 heteroatoms. The monoisotopic (exact) mass is 676 g/mol. The smallest absolute Gasteiger partial charge is 0.220 e. The molecule has 0 aromatic heterocycles. The molecule has 0 rings (SSSR count). The number of amides is 1. The number of nitrogens with one attached hydrogen (secondary N) is 1. The van der Waals surface area contributed by atoms with Crippen LogP contribution >= 0.6 is 0 Å². The third-order valence-corrected chi connectivity index (χ3v) is 9.94. The zero-order valence-electron chi connectivity index (χ0n) is 32.5. The molecule has 0 fully saturated rings. The minimum absolute atomic E-state index is 0.0710. The summed E-state index contributed by atoms with van der Waals surface area (Å²) in [6, 6.07) is -0.633. The summed E-state index contributed by atoms with van der Waals surface area (Å²) in [6.45, 7) is 4.30. The quantitative estimate of drug-likeness (QED) is 0.0448. The minimum Gasteiger partial charge on any atom is -0.394 e.